The van der Waals surface area contributed by atoms with Crippen LogP contribution in [0.3, 0.4) is 0 Å². The van der Waals surface area contributed by atoms with E-state index < -0.39 is 0 Å². The van der Waals surface area contributed by atoms with Crippen molar-refractivity contribution < 1.29 is 4.79 Å². The maximum atomic E-state index is 12.0. The Labute approximate surface area is 143 Å². The van der Waals surface area contributed by atoms with E-state index in [-0.39, 0.29) is 11.4 Å². The minimum Gasteiger partial charge on any atom is -0.338 e. The maximum absolute atomic E-state index is 12.0. The molecule has 0 atom stereocenters. The van der Waals surface area contributed by atoms with Crippen molar-refractivity contribution in [3.8, 4) is 0 Å². The van der Waals surface area contributed by atoms with Gasteiger partial charge in [-0.15, -0.1) is 0 Å². The Morgan fingerprint density at radius 2 is 2.00 bits per heavy atom. The van der Waals surface area contributed by atoms with Crippen LogP contribution < -0.4 is 10.6 Å². The molecule has 2 aromatic rings. The van der Waals surface area contributed by atoms with Gasteiger partial charge in [0.15, 0.2) is 0 Å². The van der Waals surface area contributed by atoms with Gasteiger partial charge in [0.1, 0.15) is 0 Å². The lowest BCUT2D eigenvalue weighted by molar-refractivity contribution is 0.132. The van der Waals surface area contributed by atoms with Crippen LogP contribution in [0.4, 0.5) is 4.79 Å². The van der Waals surface area contributed by atoms with Gasteiger partial charge in [0.2, 0.25) is 0 Å². The summed E-state index contributed by atoms with van der Waals surface area (Å²) in [4.78, 5) is 12.0. The van der Waals surface area contributed by atoms with Gasteiger partial charge in [-0.3, -0.25) is 4.68 Å². The van der Waals surface area contributed by atoms with Gasteiger partial charge in [-0.2, -0.15) is 5.10 Å². The number of hydrogen-bond acceptors (Lipinski definition) is 2. The minimum absolute atomic E-state index is 0.0711. The second-order valence-corrected chi connectivity index (χ2v) is 6.90. The van der Waals surface area contributed by atoms with Crippen molar-refractivity contribution in [2.24, 2.45) is 12.5 Å². The van der Waals surface area contributed by atoms with Crippen molar-refractivity contribution in [3.05, 3.63) is 53.9 Å². The monoisotopic (exact) mass is 326 g/mol. The maximum Gasteiger partial charge on any atom is 0.314 e. The summed E-state index contributed by atoms with van der Waals surface area (Å²) in [6.07, 6.45) is 9.30. The Balaban J connectivity index is 1.41. The summed E-state index contributed by atoms with van der Waals surface area (Å²) >= 11 is 0. The lowest BCUT2D eigenvalue weighted by atomic mass is 9.65. The summed E-state index contributed by atoms with van der Waals surface area (Å²) in [6.45, 7) is 1.38. The number of carbonyl (C=O) groups is 1. The molecule has 24 heavy (non-hydrogen) atoms. The van der Waals surface area contributed by atoms with E-state index in [1.807, 2.05) is 25.5 Å². The predicted molar refractivity (Wildman–Crippen MR) is 94.7 cm³/mol. The highest BCUT2D eigenvalue weighted by molar-refractivity contribution is 5.73. The molecule has 3 rings (SSSR count). The molecule has 5 nitrogen and oxygen atoms in total. The van der Waals surface area contributed by atoms with Crippen molar-refractivity contribution in [1.29, 1.82) is 0 Å². The summed E-state index contributed by atoms with van der Waals surface area (Å²) in [6, 6.07) is 10.5. The number of carbonyl (C=O) groups excluding carboxylic acids is 1. The third kappa shape index (κ3) is 4.37. The zero-order valence-corrected chi connectivity index (χ0v) is 14.3. The van der Waals surface area contributed by atoms with E-state index in [4.69, 9.17) is 0 Å². The van der Waals surface area contributed by atoms with Crippen LogP contribution >= 0.6 is 0 Å². The summed E-state index contributed by atoms with van der Waals surface area (Å²) in [5.41, 5.74) is 2.73. The fourth-order valence-electron chi connectivity index (χ4n) is 3.37. The van der Waals surface area contributed by atoms with Crippen LogP contribution in [-0.4, -0.2) is 28.9 Å². The Hall–Kier alpha value is -2.30. The molecule has 2 N–H and O–H groups in total. The molecule has 1 aromatic heterocycles. The van der Waals surface area contributed by atoms with Crippen LogP contribution in [0.1, 0.15) is 30.4 Å². The Morgan fingerprint density at radius 3 is 2.62 bits per heavy atom. The second kappa shape index (κ2) is 7.51. The molecule has 1 heterocycles. The van der Waals surface area contributed by atoms with Gasteiger partial charge in [-0.25, -0.2) is 4.79 Å². The quantitative estimate of drug-likeness (QED) is 0.822. The van der Waals surface area contributed by atoms with Crippen molar-refractivity contribution in [2.45, 2.75) is 32.1 Å². The van der Waals surface area contributed by atoms with E-state index >= 15 is 0 Å². The first kappa shape index (κ1) is 16.6. The molecule has 1 saturated carbocycles. The third-order valence-corrected chi connectivity index (χ3v) is 4.92. The Kier molecular flexibility index (Phi) is 5.18. The van der Waals surface area contributed by atoms with Gasteiger partial charge in [0.25, 0.3) is 0 Å². The van der Waals surface area contributed by atoms with E-state index in [0.29, 0.717) is 6.54 Å². The topological polar surface area (TPSA) is 59.0 Å². The highest BCUT2D eigenvalue weighted by Crippen LogP contribution is 2.43. The fourth-order valence-corrected chi connectivity index (χ4v) is 3.37. The average Bonchev–Trinajstić information content (AvgIpc) is 2.96. The van der Waals surface area contributed by atoms with Crippen LogP contribution in [0.15, 0.2) is 42.7 Å². The zero-order chi connectivity index (χ0) is 16.8. The number of aryl methyl sites for hydroxylation is 1. The molecular weight excluding hydrogens is 300 g/mol. The Bertz CT molecular complexity index is 661. The zero-order valence-electron chi connectivity index (χ0n) is 14.3. The first-order valence-corrected chi connectivity index (χ1v) is 8.68. The molecule has 1 fully saturated rings. The molecule has 1 aliphatic carbocycles. The first-order chi connectivity index (χ1) is 11.7. The van der Waals surface area contributed by atoms with E-state index in [1.165, 1.54) is 24.8 Å². The standard InChI is InChI=1S/C19H26N4O/c1-23-14-17(13-22-23)8-11-20-18(24)21-15-19(9-5-10-19)12-16-6-3-2-4-7-16/h2-4,6-7,13-14H,5,8-12,15H2,1H3,(H2,20,21,24). The molecule has 0 saturated heterocycles. The van der Waals surface area contributed by atoms with Crippen LogP contribution in [0.25, 0.3) is 0 Å². The first-order valence-electron chi connectivity index (χ1n) is 8.68. The fraction of sp³-hybridized carbons (Fsp3) is 0.474. The molecule has 128 valence electrons. The van der Waals surface area contributed by atoms with Gasteiger partial charge in [0.05, 0.1) is 6.20 Å². The van der Waals surface area contributed by atoms with E-state index in [1.54, 1.807) is 4.68 Å². The van der Waals surface area contributed by atoms with Gasteiger partial charge >= 0.3 is 6.03 Å². The smallest absolute Gasteiger partial charge is 0.314 e. The molecule has 5 heteroatoms. The van der Waals surface area contributed by atoms with Gasteiger partial charge < -0.3 is 10.6 Å². The highest BCUT2D eigenvalue weighted by Gasteiger charge is 2.37. The van der Waals surface area contributed by atoms with E-state index in [2.05, 4.69) is 40.0 Å². The molecule has 0 radical (unpaired) electrons. The summed E-state index contributed by atoms with van der Waals surface area (Å²) in [5.74, 6) is 0. The second-order valence-electron chi connectivity index (χ2n) is 6.90. The van der Waals surface area contributed by atoms with E-state index in [9.17, 15) is 4.79 Å². The lowest BCUT2D eigenvalue weighted by Crippen LogP contribution is -2.47. The van der Waals surface area contributed by atoms with Crippen molar-refractivity contribution in [2.75, 3.05) is 13.1 Å². The Morgan fingerprint density at radius 1 is 1.21 bits per heavy atom. The van der Waals surface area contributed by atoms with Crippen LogP contribution in [0.5, 0.6) is 0 Å². The van der Waals surface area contributed by atoms with Crippen molar-refractivity contribution in [1.82, 2.24) is 20.4 Å². The van der Waals surface area contributed by atoms with Crippen molar-refractivity contribution >= 4 is 6.03 Å². The molecule has 0 spiro atoms. The molecule has 1 aliphatic rings. The molecule has 1 aromatic carbocycles. The third-order valence-electron chi connectivity index (χ3n) is 4.92. The average molecular weight is 326 g/mol. The number of urea groups is 1. The number of amides is 2. The van der Waals surface area contributed by atoms with Gasteiger partial charge in [-0.1, -0.05) is 36.8 Å². The number of aromatic nitrogens is 2. The van der Waals surface area contributed by atoms with Crippen LogP contribution in [-0.2, 0) is 19.9 Å². The minimum atomic E-state index is -0.0711. The van der Waals surface area contributed by atoms with Crippen molar-refractivity contribution in [3.63, 3.8) is 0 Å². The summed E-state index contributed by atoms with van der Waals surface area (Å²) in [5, 5.41) is 10.1. The number of nitrogens with one attached hydrogen (secondary N) is 2. The molecule has 0 bridgehead atoms. The molecule has 2 amide bonds. The molecular formula is C19H26N4O. The summed E-state index contributed by atoms with van der Waals surface area (Å²) < 4.78 is 1.78. The number of benzene rings is 1. The normalized spacial score (nSPS) is 15.5. The highest BCUT2D eigenvalue weighted by atomic mass is 16.2. The predicted octanol–water partition coefficient (Wildman–Crippen LogP) is 2.67. The van der Waals surface area contributed by atoms with E-state index in [0.717, 1.165) is 24.9 Å². The summed E-state index contributed by atoms with van der Waals surface area (Å²) in [7, 11) is 1.90. The number of rotatable bonds is 7. The number of nitrogens with zero attached hydrogens (tertiary/aromatic N) is 2. The van der Waals surface area contributed by atoms with Gasteiger partial charge in [0, 0.05) is 26.3 Å². The SMILES string of the molecule is Cn1cc(CCNC(=O)NCC2(Cc3ccccc3)CCC2)cn1. The molecule has 0 unspecified atom stereocenters. The van der Waals surface area contributed by atoms with Crippen LogP contribution in [0.2, 0.25) is 0 Å². The number of hydrogen-bond donors (Lipinski definition) is 2. The molecule has 0 aliphatic heterocycles. The lowest BCUT2D eigenvalue weighted by Gasteiger charge is -2.42. The van der Waals surface area contributed by atoms with Gasteiger partial charge in [-0.05, 0) is 42.2 Å². The van der Waals surface area contributed by atoms with Crippen LogP contribution in [0, 0.1) is 5.41 Å². The largest absolute Gasteiger partial charge is 0.338 e.